The maximum Gasteiger partial charge on any atom is 0.220 e. The number of carbonyl (C=O) groups is 3. The summed E-state index contributed by atoms with van der Waals surface area (Å²) in [6, 6.07) is -4.71. The zero-order chi connectivity index (χ0) is 83.4. The normalized spacial score (nSPS) is 36.8. The van der Waals surface area contributed by atoms with Crippen LogP contribution in [0.15, 0.2) is 12.2 Å². The molecule has 36 nitrogen and oxygen atoms in total. The Bertz CT molecular complexity index is 2630. The second-order valence-corrected chi connectivity index (χ2v) is 31.4. The van der Waals surface area contributed by atoms with Crippen molar-refractivity contribution in [2.45, 2.75) is 417 Å². The predicted octanol–water partition coefficient (Wildman–Crippen LogP) is -1.64. The lowest BCUT2D eigenvalue weighted by atomic mass is 9.93. The smallest absolute Gasteiger partial charge is 0.220 e. The first kappa shape index (κ1) is 99.8. The first-order valence-corrected chi connectivity index (χ1v) is 42.0. The molecule has 6 fully saturated rings. The molecule has 0 aromatic rings. The van der Waals surface area contributed by atoms with Crippen LogP contribution in [0.4, 0.5) is 0 Å². The Morgan fingerprint density at radius 1 is 0.342 bits per heavy atom. The summed E-state index contributed by atoms with van der Waals surface area (Å²) < 4.78 is 71.2. The maximum atomic E-state index is 13.6. The number of aliphatic hydroxyl groups is 18. The molecule has 6 rings (SSSR count). The molecule has 666 valence electrons. The molecule has 0 aromatic carbocycles. The van der Waals surface area contributed by atoms with E-state index in [9.17, 15) is 106 Å². The van der Waals surface area contributed by atoms with Gasteiger partial charge in [-0.15, -0.1) is 0 Å². The zero-order valence-electron chi connectivity index (χ0n) is 67.0. The van der Waals surface area contributed by atoms with Gasteiger partial charge in [-0.25, -0.2) is 0 Å². The molecule has 0 saturated carbocycles. The predicted molar refractivity (Wildman–Crippen MR) is 403 cm³/mol. The molecule has 12 unspecified atom stereocenters. The van der Waals surface area contributed by atoms with Crippen molar-refractivity contribution in [1.82, 2.24) is 16.0 Å². The van der Waals surface area contributed by atoms with Crippen LogP contribution >= 0.6 is 0 Å². The quantitative estimate of drug-likeness (QED) is 0.0240. The standard InChI is InChI=1S/C78H141N3O33/c1-5-7-9-11-13-15-17-19-20-21-22-24-26-28-30-32-34-36-54(91)81-46(47(90)35-33-31-29-27-25-23-18-16-14-12-10-8-6-2)43-103-75-65(100)63(98)68(53(42-87)109-75)110-77-66(101)71(60(95)51(40-85)107-77)113-74-56(80-45(4)89)70(59(94)50(39-84)105-74)112-78-67(102)72(61(96)52(41-86)108-78)114-73-55(79-44(3)88)69(58(93)49(38-83)104-73)111-76-64(99)62(97)57(92)48(37-82)106-76/h33,35,46-53,55-78,82-87,90,92-102H,5-32,34,36-43H2,1-4H3,(H,79,88)(H,80,89)(H,81,91)/b35-33+/t46-,47+,48?,49?,50?,51?,52?,53?,55?,56?,57-,58+,59+,60-,61-,62-,63+,64?,65?,66?,67?,68+,69+,70+,71-,72-,73-,74-,75+,76-,77-,78-/m0/s1. The largest absolute Gasteiger partial charge is 0.394 e. The van der Waals surface area contributed by atoms with E-state index in [4.69, 9.17) is 56.8 Å². The van der Waals surface area contributed by atoms with E-state index in [2.05, 4.69) is 29.8 Å². The van der Waals surface area contributed by atoms with Crippen LogP contribution in [0, 0.1) is 0 Å². The number of allylic oxidation sites excluding steroid dienone is 1. The summed E-state index contributed by atoms with van der Waals surface area (Å²) in [5.74, 6) is -2.09. The fourth-order valence-electron chi connectivity index (χ4n) is 15.4. The molecule has 6 aliphatic heterocycles. The van der Waals surface area contributed by atoms with Crippen LogP contribution in [-0.2, 0) is 71.2 Å². The molecule has 3 amide bonds. The summed E-state index contributed by atoms with van der Waals surface area (Å²) in [5, 5.41) is 208. The van der Waals surface area contributed by atoms with Gasteiger partial charge in [-0.1, -0.05) is 193 Å². The highest BCUT2D eigenvalue weighted by Crippen LogP contribution is 2.38. The van der Waals surface area contributed by atoms with Gasteiger partial charge in [-0.3, -0.25) is 14.4 Å². The van der Waals surface area contributed by atoms with E-state index < -0.39 is 254 Å². The van der Waals surface area contributed by atoms with Gasteiger partial charge in [0.05, 0.1) is 58.4 Å². The van der Waals surface area contributed by atoms with Crippen LogP contribution < -0.4 is 16.0 Å². The average Bonchev–Trinajstić information content (AvgIpc) is 0.768. The van der Waals surface area contributed by atoms with Crippen molar-refractivity contribution in [3.63, 3.8) is 0 Å². The number of rotatable bonds is 54. The van der Waals surface area contributed by atoms with E-state index >= 15 is 0 Å². The van der Waals surface area contributed by atoms with Gasteiger partial charge in [-0.2, -0.15) is 0 Å². The summed E-state index contributed by atoms with van der Waals surface area (Å²) in [4.78, 5) is 39.6. The van der Waals surface area contributed by atoms with Gasteiger partial charge < -0.3 is 165 Å². The number of nitrogens with one attached hydrogen (secondary N) is 3. The van der Waals surface area contributed by atoms with E-state index in [1.165, 1.54) is 122 Å². The monoisotopic (exact) mass is 1650 g/mol. The molecule has 0 aliphatic carbocycles. The molecule has 36 heteroatoms. The number of hydrogen-bond donors (Lipinski definition) is 21. The third kappa shape index (κ3) is 30.5. The van der Waals surface area contributed by atoms with Crippen LogP contribution in [0.3, 0.4) is 0 Å². The maximum absolute atomic E-state index is 13.6. The summed E-state index contributed by atoms with van der Waals surface area (Å²) in [6.45, 7) is -0.0190. The Labute approximate surface area is 669 Å². The number of unbranched alkanes of at least 4 members (excludes halogenated alkanes) is 27. The lowest BCUT2D eigenvalue weighted by Crippen LogP contribution is -2.71. The van der Waals surface area contributed by atoms with E-state index in [-0.39, 0.29) is 12.3 Å². The van der Waals surface area contributed by atoms with Crippen LogP contribution in [0.1, 0.15) is 220 Å². The molecule has 0 spiro atoms. The fraction of sp³-hybridized carbons (Fsp3) is 0.936. The van der Waals surface area contributed by atoms with Crippen molar-refractivity contribution in [1.29, 1.82) is 0 Å². The molecule has 32 atom stereocenters. The minimum atomic E-state index is -2.30. The molecule has 0 radical (unpaired) electrons. The van der Waals surface area contributed by atoms with E-state index in [1.807, 2.05) is 6.08 Å². The van der Waals surface area contributed by atoms with Crippen LogP contribution in [-0.4, -0.2) is 352 Å². The lowest BCUT2D eigenvalue weighted by molar-refractivity contribution is -0.386. The lowest BCUT2D eigenvalue weighted by Gasteiger charge is -2.51. The highest BCUT2D eigenvalue weighted by Gasteiger charge is 2.59. The highest BCUT2D eigenvalue weighted by atomic mass is 16.8. The highest BCUT2D eigenvalue weighted by molar-refractivity contribution is 5.76. The summed E-state index contributed by atoms with van der Waals surface area (Å²) in [7, 11) is 0. The van der Waals surface area contributed by atoms with Gasteiger partial charge in [0.2, 0.25) is 17.7 Å². The van der Waals surface area contributed by atoms with Gasteiger partial charge in [0.25, 0.3) is 0 Å². The molecule has 6 aliphatic rings. The number of hydrogen-bond acceptors (Lipinski definition) is 33. The molecule has 21 N–H and O–H groups in total. The average molecular weight is 1650 g/mol. The van der Waals surface area contributed by atoms with Crippen molar-refractivity contribution in [2.75, 3.05) is 46.2 Å². The van der Waals surface area contributed by atoms with Crippen LogP contribution in [0.5, 0.6) is 0 Å². The van der Waals surface area contributed by atoms with Crippen molar-refractivity contribution < 1.29 is 163 Å². The molecular weight excluding hydrogens is 1510 g/mol. The van der Waals surface area contributed by atoms with Gasteiger partial charge in [0, 0.05) is 20.3 Å². The second-order valence-electron chi connectivity index (χ2n) is 31.4. The van der Waals surface area contributed by atoms with Crippen molar-refractivity contribution >= 4 is 17.7 Å². The Hall–Kier alpha value is -3.05. The Morgan fingerprint density at radius 3 is 1.03 bits per heavy atom. The SMILES string of the molecule is CCCCCCCCCCCCC/C=C/[C@@H](O)[C@H](CO[C@@H]1OC(CO)[C@@H](O[C@@H]2OC(CO)[C@H](O)[C@H](O[C@@H]3OC(CO)[C@@H](O)[C@H](O[C@@H]4OC(CO)[C@H](O)[C@H](O[C@@H]5OC(CO)[C@@H](O)[C@H](O[C@@H]6OC(CO)[C@H](O)[C@H](O)C6O)C5NC(C)=O)C4O)C3NC(C)=O)C2O)[C@H](O)C1O)NC(=O)CCCCCCCCCCCCCCCCCCC. The van der Waals surface area contributed by atoms with Crippen LogP contribution in [0.2, 0.25) is 0 Å². The van der Waals surface area contributed by atoms with Gasteiger partial charge in [0.1, 0.15) is 146 Å². The molecule has 0 bridgehead atoms. The Balaban J connectivity index is 1.12. The minimum absolute atomic E-state index is 0.170. The fourth-order valence-corrected chi connectivity index (χ4v) is 15.4. The summed E-state index contributed by atoms with van der Waals surface area (Å²) >= 11 is 0. The Kier molecular flexibility index (Phi) is 47.0. The molecule has 114 heavy (non-hydrogen) atoms. The van der Waals surface area contributed by atoms with Crippen LogP contribution in [0.25, 0.3) is 0 Å². The first-order valence-electron chi connectivity index (χ1n) is 42.0. The van der Waals surface area contributed by atoms with Crippen molar-refractivity contribution in [2.24, 2.45) is 0 Å². The number of ether oxygens (including phenoxy) is 12. The first-order chi connectivity index (χ1) is 54.8. The number of amides is 3. The van der Waals surface area contributed by atoms with Crippen molar-refractivity contribution in [3.8, 4) is 0 Å². The summed E-state index contributed by atoms with van der Waals surface area (Å²) in [6.07, 6.45) is -18.7. The summed E-state index contributed by atoms with van der Waals surface area (Å²) in [5.41, 5.74) is 0. The minimum Gasteiger partial charge on any atom is -0.394 e. The van der Waals surface area contributed by atoms with E-state index in [0.29, 0.717) is 12.8 Å². The molecule has 0 aromatic heterocycles. The number of carbonyl (C=O) groups excluding carboxylic acids is 3. The van der Waals surface area contributed by atoms with E-state index in [1.54, 1.807) is 6.08 Å². The van der Waals surface area contributed by atoms with Gasteiger partial charge in [0.15, 0.2) is 37.7 Å². The second kappa shape index (κ2) is 53.7. The zero-order valence-corrected chi connectivity index (χ0v) is 67.0. The van der Waals surface area contributed by atoms with Gasteiger partial charge in [-0.05, 0) is 19.3 Å². The molecule has 6 heterocycles. The third-order valence-corrected chi connectivity index (χ3v) is 22.2. The number of aliphatic hydroxyl groups excluding tert-OH is 18. The van der Waals surface area contributed by atoms with Crippen molar-refractivity contribution in [3.05, 3.63) is 12.2 Å². The van der Waals surface area contributed by atoms with E-state index in [0.717, 1.165) is 65.2 Å². The molecule has 6 saturated heterocycles. The topological polar surface area (TPSA) is 562 Å². The Morgan fingerprint density at radius 2 is 0.649 bits per heavy atom. The molecular formula is C78H141N3O33. The van der Waals surface area contributed by atoms with Gasteiger partial charge >= 0.3 is 0 Å². The third-order valence-electron chi connectivity index (χ3n) is 22.2.